The van der Waals surface area contributed by atoms with E-state index in [0.29, 0.717) is 17.3 Å². The molecule has 0 atom stereocenters. The number of nitrogens with one attached hydrogen (secondary N) is 1. The highest BCUT2D eigenvalue weighted by Gasteiger charge is 2.03. The summed E-state index contributed by atoms with van der Waals surface area (Å²) in [7, 11) is 0. The van der Waals surface area contributed by atoms with Gasteiger partial charge in [-0.25, -0.2) is 9.97 Å². The zero-order valence-corrected chi connectivity index (χ0v) is 6.55. The van der Waals surface area contributed by atoms with Gasteiger partial charge in [-0.15, -0.1) is 0 Å². The molecule has 60 valence electrons. The van der Waals surface area contributed by atoms with Crippen LogP contribution in [0.2, 0.25) is 0 Å². The van der Waals surface area contributed by atoms with Crippen LogP contribution in [-0.2, 0) is 0 Å². The number of hydrogen-bond acceptors (Lipinski definition) is 5. The Labute approximate surface area is 64.8 Å². The van der Waals surface area contributed by atoms with Crippen molar-refractivity contribution in [3.05, 3.63) is 11.5 Å². The lowest BCUT2D eigenvalue weighted by Crippen LogP contribution is -2.13. The normalized spacial score (nSPS) is 9.73. The van der Waals surface area contributed by atoms with Crippen molar-refractivity contribution < 1.29 is 0 Å². The molecule has 1 rings (SSSR count). The summed E-state index contributed by atoms with van der Waals surface area (Å²) in [6, 6.07) is 0. The van der Waals surface area contributed by atoms with Gasteiger partial charge < -0.3 is 11.2 Å². The lowest BCUT2D eigenvalue weighted by molar-refractivity contribution is 1.01. The molecule has 0 unspecified atom stereocenters. The molecule has 0 radical (unpaired) electrons. The van der Waals surface area contributed by atoms with Crippen LogP contribution in [0.15, 0.2) is 0 Å². The fourth-order valence-corrected chi connectivity index (χ4v) is 0.918. The summed E-state index contributed by atoms with van der Waals surface area (Å²) in [5.74, 6) is 6.23. The van der Waals surface area contributed by atoms with Crippen LogP contribution in [0.1, 0.15) is 11.5 Å². The molecule has 5 nitrogen and oxygen atoms in total. The van der Waals surface area contributed by atoms with E-state index in [0.717, 1.165) is 5.69 Å². The molecule has 1 aromatic heterocycles. The van der Waals surface area contributed by atoms with Crippen LogP contribution in [0, 0.1) is 13.8 Å². The highest BCUT2D eigenvalue weighted by atomic mass is 15.2. The predicted molar refractivity (Wildman–Crippen MR) is 43.7 cm³/mol. The van der Waals surface area contributed by atoms with Crippen molar-refractivity contribution in [2.75, 3.05) is 11.2 Å². The second-order valence-corrected chi connectivity index (χ2v) is 2.26. The zero-order chi connectivity index (χ0) is 8.43. The molecule has 0 saturated carbocycles. The van der Waals surface area contributed by atoms with E-state index in [1.807, 2.05) is 6.92 Å². The molecule has 0 aliphatic heterocycles. The Bertz CT molecular complexity index is 247. The minimum Gasteiger partial charge on any atom is -0.382 e. The third-order valence-corrected chi connectivity index (χ3v) is 1.37. The number of nitrogens with zero attached hydrogens (tertiary/aromatic N) is 2. The molecular weight excluding hydrogens is 142 g/mol. The Morgan fingerprint density at radius 3 is 2.36 bits per heavy atom. The first-order chi connectivity index (χ1) is 5.15. The van der Waals surface area contributed by atoms with Crippen LogP contribution in [-0.4, -0.2) is 9.97 Å². The summed E-state index contributed by atoms with van der Waals surface area (Å²) in [5.41, 5.74) is 9.33. The van der Waals surface area contributed by atoms with E-state index in [1.165, 1.54) is 0 Å². The fourth-order valence-electron chi connectivity index (χ4n) is 0.918. The number of nitrogen functional groups attached to an aromatic ring is 2. The highest BCUT2D eigenvalue weighted by molar-refractivity contribution is 5.63. The van der Waals surface area contributed by atoms with Gasteiger partial charge >= 0.3 is 0 Å². The minimum absolute atomic E-state index is 0.387. The van der Waals surface area contributed by atoms with Crippen LogP contribution in [0.25, 0.3) is 0 Å². The van der Waals surface area contributed by atoms with E-state index < -0.39 is 0 Å². The predicted octanol–water partition coefficient (Wildman–Crippen LogP) is -0.0388. The quantitative estimate of drug-likeness (QED) is 0.389. The maximum Gasteiger partial charge on any atom is 0.152 e. The zero-order valence-electron chi connectivity index (χ0n) is 6.55. The number of nitrogens with two attached hydrogens (primary N) is 2. The Morgan fingerprint density at radius 1 is 1.27 bits per heavy atom. The second-order valence-electron chi connectivity index (χ2n) is 2.26. The van der Waals surface area contributed by atoms with Crippen molar-refractivity contribution in [2.45, 2.75) is 13.8 Å². The molecular formula is C6H11N5. The average Bonchev–Trinajstić information content (AvgIpc) is 1.85. The Balaban J connectivity index is 3.25. The van der Waals surface area contributed by atoms with E-state index in [-0.39, 0.29) is 0 Å². The molecule has 0 bridgehead atoms. The maximum atomic E-state index is 5.54. The molecule has 5 heteroatoms. The van der Waals surface area contributed by atoms with Gasteiger partial charge in [-0.1, -0.05) is 0 Å². The van der Waals surface area contributed by atoms with Crippen LogP contribution in [0.3, 0.4) is 0 Å². The molecule has 0 amide bonds. The first-order valence-corrected chi connectivity index (χ1v) is 3.22. The van der Waals surface area contributed by atoms with Gasteiger partial charge in [-0.2, -0.15) is 0 Å². The molecule has 0 aliphatic carbocycles. The number of anilines is 2. The number of hydrazine groups is 1. The smallest absolute Gasteiger partial charge is 0.152 e. The molecule has 1 aromatic rings. The van der Waals surface area contributed by atoms with Gasteiger partial charge in [0.05, 0.1) is 5.69 Å². The van der Waals surface area contributed by atoms with Crippen molar-refractivity contribution in [1.29, 1.82) is 0 Å². The molecule has 11 heavy (non-hydrogen) atoms. The first kappa shape index (κ1) is 7.74. The highest BCUT2D eigenvalue weighted by Crippen LogP contribution is 2.16. The van der Waals surface area contributed by atoms with Gasteiger partial charge in [0.1, 0.15) is 11.5 Å². The summed E-state index contributed by atoms with van der Waals surface area (Å²) >= 11 is 0. The molecule has 1 heterocycles. The van der Waals surface area contributed by atoms with Crippen LogP contribution < -0.4 is 17.0 Å². The van der Waals surface area contributed by atoms with Crippen LogP contribution >= 0.6 is 0 Å². The maximum absolute atomic E-state index is 5.54. The minimum atomic E-state index is 0.387. The fraction of sp³-hybridized carbons (Fsp3) is 0.333. The molecule has 5 N–H and O–H groups in total. The summed E-state index contributed by atoms with van der Waals surface area (Å²) < 4.78 is 0. The van der Waals surface area contributed by atoms with Crippen LogP contribution in [0.5, 0.6) is 0 Å². The first-order valence-electron chi connectivity index (χ1n) is 3.22. The standard InChI is InChI=1S/C6H11N5/c1-3-5(11-8)6(7)10-4(2)9-3/h11H,8H2,1-2H3,(H2,7,9,10). The summed E-state index contributed by atoms with van der Waals surface area (Å²) in [6.45, 7) is 3.60. The molecule has 0 saturated heterocycles. The lowest BCUT2D eigenvalue weighted by Gasteiger charge is -2.06. The molecule has 0 aromatic carbocycles. The number of hydrogen-bond donors (Lipinski definition) is 3. The Morgan fingerprint density at radius 2 is 1.91 bits per heavy atom. The third kappa shape index (κ3) is 1.38. The van der Waals surface area contributed by atoms with Crippen molar-refractivity contribution in [1.82, 2.24) is 9.97 Å². The topological polar surface area (TPSA) is 89.8 Å². The Kier molecular flexibility index (Phi) is 1.91. The van der Waals surface area contributed by atoms with E-state index >= 15 is 0 Å². The van der Waals surface area contributed by atoms with E-state index in [4.69, 9.17) is 11.6 Å². The van der Waals surface area contributed by atoms with Gasteiger partial charge in [-0.05, 0) is 13.8 Å². The average molecular weight is 153 g/mol. The van der Waals surface area contributed by atoms with Crippen molar-refractivity contribution in [3.63, 3.8) is 0 Å². The third-order valence-electron chi connectivity index (χ3n) is 1.37. The number of aromatic nitrogens is 2. The Hall–Kier alpha value is -1.36. The van der Waals surface area contributed by atoms with Gasteiger partial charge in [0.25, 0.3) is 0 Å². The summed E-state index contributed by atoms with van der Waals surface area (Å²) in [4.78, 5) is 8.00. The van der Waals surface area contributed by atoms with E-state index in [1.54, 1.807) is 6.92 Å². The molecule has 0 fully saturated rings. The van der Waals surface area contributed by atoms with Gasteiger partial charge in [0.2, 0.25) is 0 Å². The SMILES string of the molecule is Cc1nc(C)c(NN)c(N)n1. The van der Waals surface area contributed by atoms with Crippen molar-refractivity contribution >= 4 is 11.5 Å². The molecule has 0 aliphatic rings. The summed E-state index contributed by atoms with van der Waals surface area (Å²) in [5, 5.41) is 0. The van der Waals surface area contributed by atoms with Crippen molar-refractivity contribution in [2.24, 2.45) is 5.84 Å². The monoisotopic (exact) mass is 153 g/mol. The van der Waals surface area contributed by atoms with E-state index in [2.05, 4.69) is 15.4 Å². The van der Waals surface area contributed by atoms with Gasteiger partial charge in [0, 0.05) is 0 Å². The number of rotatable bonds is 1. The van der Waals surface area contributed by atoms with E-state index in [9.17, 15) is 0 Å². The van der Waals surface area contributed by atoms with Gasteiger partial charge in [-0.3, -0.25) is 5.84 Å². The number of aryl methyl sites for hydroxylation is 2. The van der Waals surface area contributed by atoms with Gasteiger partial charge in [0.15, 0.2) is 5.82 Å². The summed E-state index contributed by atoms with van der Waals surface area (Å²) in [6.07, 6.45) is 0. The van der Waals surface area contributed by atoms with Crippen molar-refractivity contribution in [3.8, 4) is 0 Å². The lowest BCUT2D eigenvalue weighted by atomic mass is 10.3. The second kappa shape index (κ2) is 2.71. The largest absolute Gasteiger partial charge is 0.382 e. The van der Waals surface area contributed by atoms with Crippen LogP contribution in [0.4, 0.5) is 11.5 Å². The molecule has 0 spiro atoms.